The molecular weight excluding hydrogens is 441 g/mol. The van der Waals surface area contributed by atoms with Crippen molar-refractivity contribution >= 4 is 22.4 Å². The van der Waals surface area contributed by atoms with Crippen molar-refractivity contribution in [2.75, 3.05) is 0 Å². The van der Waals surface area contributed by atoms with Crippen molar-refractivity contribution in [1.29, 1.82) is 0 Å². The molecule has 0 spiro atoms. The van der Waals surface area contributed by atoms with E-state index in [1.165, 1.54) is 6.07 Å². The highest BCUT2D eigenvalue weighted by Crippen LogP contribution is 2.53. The monoisotopic (exact) mass is 463 g/mol. The number of nitrogens with one attached hydrogen (secondary N) is 1. The Morgan fingerprint density at radius 1 is 1.06 bits per heavy atom. The van der Waals surface area contributed by atoms with E-state index in [1.54, 1.807) is 23.0 Å². The number of fused-ring (bicyclic) bond motifs is 2. The molecule has 172 valence electrons. The molecule has 1 N–H and O–H groups in total. The molecule has 0 radical (unpaired) electrons. The molecule has 7 rings (SSSR count). The van der Waals surface area contributed by atoms with Gasteiger partial charge in [-0.2, -0.15) is 9.61 Å². The summed E-state index contributed by atoms with van der Waals surface area (Å²) in [7, 11) is 0. The van der Waals surface area contributed by atoms with Gasteiger partial charge in [0.05, 0.1) is 17.1 Å². The van der Waals surface area contributed by atoms with Crippen LogP contribution in [0, 0.1) is 5.82 Å². The third-order valence-electron chi connectivity index (χ3n) is 7.01. The predicted molar refractivity (Wildman–Crippen MR) is 131 cm³/mol. The molecule has 0 unspecified atom stereocenters. The maximum Gasteiger partial charge on any atom is 0.271 e. The first-order valence-corrected chi connectivity index (χ1v) is 11.8. The summed E-state index contributed by atoms with van der Waals surface area (Å²) in [6, 6.07) is 15.8. The molecule has 0 amide bonds. The third kappa shape index (κ3) is 3.36. The second-order valence-corrected chi connectivity index (χ2v) is 9.46. The molecule has 35 heavy (non-hydrogen) atoms. The van der Waals surface area contributed by atoms with E-state index < -0.39 is 0 Å². The van der Waals surface area contributed by atoms with Gasteiger partial charge >= 0.3 is 0 Å². The van der Waals surface area contributed by atoms with E-state index >= 15 is 0 Å². The molecule has 0 aliphatic heterocycles. The van der Waals surface area contributed by atoms with Crippen LogP contribution < -0.4 is 5.32 Å². The Balaban J connectivity index is 1.27. The van der Waals surface area contributed by atoms with Gasteiger partial charge in [0.2, 0.25) is 0 Å². The van der Waals surface area contributed by atoms with Crippen LogP contribution in [-0.2, 0) is 5.41 Å². The minimum Gasteiger partial charge on any atom is -0.382 e. The third-order valence-corrected chi connectivity index (χ3v) is 7.01. The van der Waals surface area contributed by atoms with Crippen molar-refractivity contribution in [2.24, 2.45) is 0 Å². The van der Waals surface area contributed by atoms with Crippen molar-refractivity contribution in [1.82, 2.24) is 35.1 Å². The average Bonchev–Trinajstić information content (AvgIpc) is 3.82. The maximum atomic E-state index is 15.0. The highest BCUT2D eigenvalue weighted by atomic mass is 19.1. The number of hydrogen-bond donors (Lipinski definition) is 1. The minimum absolute atomic E-state index is 0.266. The van der Waals surface area contributed by atoms with Crippen LogP contribution in [0.4, 0.5) is 4.39 Å². The fourth-order valence-corrected chi connectivity index (χ4v) is 4.74. The van der Waals surface area contributed by atoms with Gasteiger partial charge in [-0.05, 0) is 61.6 Å². The standard InChI is InChI=1S/C27H22FN7/c1-16(31-20-6-7-20)21-8-4-18(14-22(21)28)24-15-30-26-33-32-25(35(26)34-24)27(10-11-27)19-5-9-23-17(13-19)3-2-12-29-23/h2-5,8-9,12-15,20,31H,1,6-7,10-11H2. The number of benzene rings is 2. The average molecular weight is 464 g/mol. The molecule has 5 aromatic rings. The minimum atomic E-state index is -0.338. The van der Waals surface area contributed by atoms with Crippen LogP contribution in [0.5, 0.6) is 0 Å². The highest BCUT2D eigenvalue weighted by molar-refractivity contribution is 5.79. The van der Waals surface area contributed by atoms with Gasteiger partial charge in [-0.1, -0.05) is 24.8 Å². The Labute approximate surface area is 200 Å². The zero-order valence-electron chi connectivity index (χ0n) is 18.9. The van der Waals surface area contributed by atoms with Crippen LogP contribution in [0.1, 0.15) is 42.6 Å². The molecule has 2 fully saturated rings. The van der Waals surface area contributed by atoms with Gasteiger partial charge in [0.1, 0.15) is 11.5 Å². The van der Waals surface area contributed by atoms with E-state index in [9.17, 15) is 4.39 Å². The fraction of sp³-hybridized carbons (Fsp3) is 0.222. The Morgan fingerprint density at radius 3 is 2.74 bits per heavy atom. The molecule has 7 nitrogen and oxygen atoms in total. The lowest BCUT2D eigenvalue weighted by Gasteiger charge is -2.14. The lowest BCUT2D eigenvalue weighted by atomic mass is 9.94. The highest BCUT2D eigenvalue weighted by Gasteiger charge is 2.50. The second kappa shape index (κ2) is 7.40. The largest absolute Gasteiger partial charge is 0.382 e. The van der Waals surface area contributed by atoms with Crippen molar-refractivity contribution in [3.05, 3.63) is 90.3 Å². The van der Waals surface area contributed by atoms with E-state index in [-0.39, 0.29) is 11.2 Å². The Kier molecular flexibility index (Phi) is 4.27. The van der Waals surface area contributed by atoms with Gasteiger partial charge in [-0.3, -0.25) is 4.98 Å². The van der Waals surface area contributed by atoms with Crippen molar-refractivity contribution in [3.63, 3.8) is 0 Å². The number of hydrogen-bond acceptors (Lipinski definition) is 6. The lowest BCUT2D eigenvalue weighted by Crippen LogP contribution is -2.15. The van der Waals surface area contributed by atoms with Crippen molar-refractivity contribution in [2.45, 2.75) is 37.1 Å². The molecule has 2 aliphatic rings. The number of rotatable bonds is 6. The summed E-state index contributed by atoms with van der Waals surface area (Å²) in [4.78, 5) is 8.89. The lowest BCUT2D eigenvalue weighted by molar-refractivity contribution is 0.622. The maximum absolute atomic E-state index is 15.0. The van der Waals surface area contributed by atoms with Gasteiger partial charge < -0.3 is 5.32 Å². The van der Waals surface area contributed by atoms with E-state index in [0.717, 1.165) is 48.0 Å². The number of nitrogens with zero attached hydrogens (tertiary/aromatic N) is 6. The summed E-state index contributed by atoms with van der Waals surface area (Å²) in [5.74, 6) is 0.843. The molecular formula is C27H22FN7. The Morgan fingerprint density at radius 2 is 1.94 bits per heavy atom. The van der Waals surface area contributed by atoms with E-state index in [4.69, 9.17) is 5.10 Å². The first-order chi connectivity index (χ1) is 17.1. The topological polar surface area (TPSA) is 80.9 Å². The van der Waals surface area contributed by atoms with Crippen LogP contribution in [0.25, 0.3) is 33.6 Å². The smallest absolute Gasteiger partial charge is 0.271 e. The van der Waals surface area contributed by atoms with Gasteiger partial charge in [0, 0.05) is 34.4 Å². The predicted octanol–water partition coefficient (Wildman–Crippen LogP) is 4.68. The number of pyridine rings is 1. The molecule has 2 aliphatic carbocycles. The van der Waals surface area contributed by atoms with Crippen LogP contribution in [0.3, 0.4) is 0 Å². The molecule has 2 saturated carbocycles. The van der Waals surface area contributed by atoms with Gasteiger partial charge in [-0.25, -0.2) is 9.37 Å². The quantitative estimate of drug-likeness (QED) is 0.394. The summed E-state index contributed by atoms with van der Waals surface area (Å²) in [6.45, 7) is 3.99. The van der Waals surface area contributed by atoms with Gasteiger partial charge in [0.25, 0.3) is 5.78 Å². The van der Waals surface area contributed by atoms with Crippen molar-refractivity contribution in [3.8, 4) is 11.3 Å². The first kappa shape index (κ1) is 20.2. The van der Waals surface area contributed by atoms with Crippen LogP contribution in [-0.4, -0.2) is 35.8 Å². The Hall–Kier alpha value is -4.20. The molecule has 0 atom stereocenters. The van der Waals surface area contributed by atoms with Gasteiger partial charge in [0.15, 0.2) is 5.82 Å². The van der Waals surface area contributed by atoms with Crippen LogP contribution in [0.15, 0.2) is 67.5 Å². The summed E-state index contributed by atoms with van der Waals surface area (Å²) in [6.07, 6.45) is 7.52. The number of halogens is 1. The zero-order valence-corrected chi connectivity index (χ0v) is 18.9. The van der Waals surface area contributed by atoms with Crippen LogP contribution in [0.2, 0.25) is 0 Å². The fourth-order valence-electron chi connectivity index (χ4n) is 4.74. The van der Waals surface area contributed by atoms with Gasteiger partial charge in [-0.15, -0.1) is 10.2 Å². The molecule has 3 heterocycles. The second-order valence-electron chi connectivity index (χ2n) is 9.46. The molecule has 8 heteroatoms. The van der Waals surface area contributed by atoms with E-state index in [0.29, 0.717) is 34.3 Å². The molecule has 3 aromatic heterocycles. The summed E-state index contributed by atoms with van der Waals surface area (Å²) < 4.78 is 16.7. The zero-order chi connectivity index (χ0) is 23.6. The SMILES string of the molecule is C=C(NC1CC1)c1ccc(-c2cnc3nnc(C4(c5ccc6ncccc6c5)CC4)n3n2)cc1F. The van der Waals surface area contributed by atoms with Crippen LogP contribution >= 0.6 is 0 Å². The first-order valence-electron chi connectivity index (χ1n) is 11.8. The van der Waals surface area contributed by atoms with Crippen molar-refractivity contribution < 1.29 is 4.39 Å². The summed E-state index contributed by atoms with van der Waals surface area (Å²) in [5, 5.41) is 17.9. The normalized spacial score (nSPS) is 16.5. The molecule has 2 aromatic carbocycles. The molecule has 0 saturated heterocycles. The Bertz CT molecular complexity index is 1630. The molecule has 0 bridgehead atoms. The number of aromatic nitrogens is 6. The summed E-state index contributed by atoms with van der Waals surface area (Å²) >= 11 is 0. The summed E-state index contributed by atoms with van der Waals surface area (Å²) in [5.41, 5.74) is 4.14. The van der Waals surface area contributed by atoms with E-state index in [2.05, 4.69) is 50.3 Å². The van der Waals surface area contributed by atoms with E-state index in [1.807, 2.05) is 18.2 Å².